The molecule has 0 heterocycles. The zero-order valence-corrected chi connectivity index (χ0v) is 16.0. The minimum Gasteiger partial charge on any atom is -0.497 e. The Balaban J connectivity index is 1.80. The summed E-state index contributed by atoms with van der Waals surface area (Å²) in [7, 11) is 3.10. The van der Waals surface area contributed by atoms with Crippen LogP contribution in [0.15, 0.2) is 42.5 Å². The highest BCUT2D eigenvalue weighted by atomic mass is 19.1. The molecule has 7 heteroatoms. The van der Waals surface area contributed by atoms with Crippen molar-refractivity contribution in [1.82, 2.24) is 10.6 Å². The summed E-state index contributed by atoms with van der Waals surface area (Å²) in [6, 6.07) is 9.57. The van der Waals surface area contributed by atoms with Crippen molar-refractivity contribution in [3.8, 4) is 11.5 Å². The summed E-state index contributed by atoms with van der Waals surface area (Å²) in [5.74, 6) is 0.106. The first kappa shape index (κ1) is 21.0. The Bertz CT molecular complexity index is 858. The number of halogens is 1. The molecule has 2 amide bonds. The van der Waals surface area contributed by atoms with Crippen LogP contribution in [0.25, 0.3) is 6.08 Å². The summed E-state index contributed by atoms with van der Waals surface area (Å²) in [6.45, 7) is 2.09. The fourth-order valence-electron chi connectivity index (χ4n) is 2.35. The van der Waals surface area contributed by atoms with Crippen LogP contribution in [0.2, 0.25) is 0 Å². The molecule has 28 heavy (non-hydrogen) atoms. The lowest BCUT2D eigenvalue weighted by Crippen LogP contribution is -2.34. The molecule has 2 N–H and O–H groups in total. The number of carbonyl (C=O) groups excluding carboxylic acids is 2. The number of hydrogen-bond acceptors (Lipinski definition) is 4. The smallest absolute Gasteiger partial charge is 0.251 e. The zero-order valence-electron chi connectivity index (χ0n) is 16.0. The van der Waals surface area contributed by atoms with E-state index in [-0.39, 0.29) is 24.6 Å². The number of ether oxygens (including phenoxy) is 2. The highest BCUT2D eigenvalue weighted by molar-refractivity contribution is 5.94. The van der Waals surface area contributed by atoms with E-state index in [9.17, 15) is 14.0 Å². The van der Waals surface area contributed by atoms with Gasteiger partial charge in [-0.3, -0.25) is 9.59 Å². The predicted molar refractivity (Wildman–Crippen MR) is 105 cm³/mol. The predicted octanol–water partition coefficient (Wildman–Crippen LogP) is 2.71. The van der Waals surface area contributed by atoms with Crippen LogP contribution in [0.3, 0.4) is 0 Å². The summed E-state index contributed by atoms with van der Waals surface area (Å²) < 4.78 is 23.8. The molecule has 0 unspecified atom stereocenters. The zero-order chi connectivity index (χ0) is 20.5. The number of hydrogen-bond donors (Lipinski definition) is 2. The number of methoxy groups -OCH3 is 2. The molecule has 0 aliphatic heterocycles. The van der Waals surface area contributed by atoms with E-state index in [2.05, 4.69) is 10.6 Å². The Morgan fingerprint density at radius 1 is 1.00 bits per heavy atom. The summed E-state index contributed by atoms with van der Waals surface area (Å²) in [5, 5.41) is 5.29. The van der Waals surface area contributed by atoms with Gasteiger partial charge in [0.2, 0.25) is 5.91 Å². The first-order valence-corrected chi connectivity index (χ1v) is 8.66. The number of nitrogens with one attached hydrogen (secondary N) is 2. The third-order valence-electron chi connectivity index (χ3n) is 3.94. The van der Waals surface area contributed by atoms with E-state index in [0.29, 0.717) is 17.1 Å². The lowest BCUT2D eigenvalue weighted by molar-refractivity contribution is -0.116. The Hall–Kier alpha value is -3.35. The fourth-order valence-corrected chi connectivity index (χ4v) is 2.35. The van der Waals surface area contributed by atoms with Gasteiger partial charge in [-0.15, -0.1) is 0 Å². The fraction of sp³-hybridized carbons (Fsp3) is 0.238. The second kappa shape index (κ2) is 10.1. The lowest BCUT2D eigenvalue weighted by Gasteiger charge is -2.07. The van der Waals surface area contributed by atoms with Gasteiger partial charge in [-0.25, -0.2) is 4.39 Å². The molecule has 2 aromatic rings. The van der Waals surface area contributed by atoms with Gasteiger partial charge in [0, 0.05) is 30.8 Å². The Morgan fingerprint density at radius 3 is 2.25 bits per heavy atom. The van der Waals surface area contributed by atoms with Crippen molar-refractivity contribution in [2.75, 3.05) is 27.3 Å². The van der Waals surface area contributed by atoms with Crippen LogP contribution in [0.5, 0.6) is 11.5 Å². The molecule has 6 nitrogen and oxygen atoms in total. The van der Waals surface area contributed by atoms with Crippen LogP contribution in [0.4, 0.5) is 4.39 Å². The second-order valence-electron chi connectivity index (χ2n) is 5.99. The molecular weight excluding hydrogens is 363 g/mol. The average molecular weight is 386 g/mol. The van der Waals surface area contributed by atoms with Crippen molar-refractivity contribution < 1.29 is 23.5 Å². The van der Waals surface area contributed by atoms with E-state index in [1.807, 2.05) is 0 Å². The van der Waals surface area contributed by atoms with Gasteiger partial charge in [0.15, 0.2) is 0 Å². The molecule has 0 saturated heterocycles. The van der Waals surface area contributed by atoms with E-state index in [1.165, 1.54) is 12.1 Å². The Kier molecular flexibility index (Phi) is 7.56. The first-order valence-electron chi connectivity index (χ1n) is 8.66. The van der Waals surface area contributed by atoms with Crippen molar-refractivity contribution in [3.05, 3.63) is 65.0 Å². The van der Waals surface area contributed by atoms with Gasteiger partial charge >= 0.3 is 0 Å². The van der Waals surface area contributed by atoms with E-state index in [4.69, 9.17) is 9.47 Å². The van der Waals surface area contributed by atoms with Crippen LogP contribution in [0.1, 0.15) is 21.5 Å². The maximum absolute atomic E-state index is 13.5. The molecule has 0 bridgehead atoms. The van der Waals surface area contributed by atoms with Gasteiger partial charge in [0.1, 0.15) is 17.3 Å². The molecule has 148 valence electrons. The van der Waals surface area contributed by atoms with Gasteiger partial charge < -0.3 is 20.1 Å². The van der Waals surface area contributed by atoms with E-state index in [0.717, 1.165) is 5.56 Å². The number of rotatable bonds is 8. The van der Waals surface area contributed by atoms with Gasteiger partial charge in [-0.05, 0) is 48.4 Å². The molecule has 0 aliphatic carbocycles. The molecule has 0 radical (unpaired) electrons. The number of aryl methyl sites for hydroxylation is 1. The summed E-state index contributed by atoms with van der Waals surface area (Å²) in [4.78, 5) is 23.9. The summed E-state index contributed by atoms with van der Waals surface area (Å²) >= 11 is 0. The van der Waals surface area contributed by atoms with Crippen molar-refractivity contribution in [1.29, 1.82) is 0 Å². The van der Waals surface area contributed by atoms with Gasteiger partial charge in [0.05, 0.1) is 14.2 Å². The minimum atomic E-state index is -0.430. The highest BCUT2D eigenvalue weighted by Crippen LogP contribution is 2.23. The van der Waals surface area contributed by atoms with Crippen molar-refractivity contribution in [2.45, 2.75) is 6.92 Å². The van der Waals surface area contributed by atoms with Crippen molar-refractivity contribution in [2.24, 2.45) is 0 Å². The van der Waals surface area contributed by atoms with Crippen LogP contribution >= 0.6 is 0 Å². The van der Waals surface area contributed by atoms with Gasteiger partial charge in [-0.1, -0.05) is 6.07 Å². The number of carbonyl (C=O) groups is 2. The largest absolute Gasteiger partial charge is 0.497 e. The third kappa shape index (κ3) is 6.12. The second-order valence-corrected chi connectivity index (χ2v) is 5.99. The first-order chi connectivity index (χ1) is 13.4. The highest BCUT2D eigenvalue weighted by Gasteiger charge is 2.07. The summed E-state index contributed by atoms with van der Waals surface area (Å²) in [6.07, 6.45) is 3.01. The summed E-state index contributed by atoms with van der Waals surface area (Å²) in [5.41, 5.74) is 1.46. The molecule has 0 saturated carbocycles. The standard InChI is InChI=1S/C21H23FN2O4/c1-14-4-6-16(12-19(14)22)21(26)24-9-8-23-20(25)7-5-15-10-17(27-2)13-18(11-15)28-3/h4-7,10-13H,8-9H2,1-3H3,(H,23,25)(H,24,26)/b7-5+. The van der Waals surface area contributed by atoms with Gasteiger partial charge in [-0.2, -0.15) is 0 Å². The van der Waals surface area contributed by atoms with Crippen LogP contribution in [0, 0.1) is 12.7 Å². The Morgan fingerprint density at radius 2 is 1.64 bits per heavy atom. The SMILES string of the molecule is COc1cc(/C=C/C(=O)NCCNC(=O)c2ccc(C)c(F)c2)cc(OC)c1. The normalized spacial score (nSPS) is 10.6. The minimum absolute atomic E-state index is 0.223. The van der Waals surface area contributed by atoms with Crippen LogP contribution in [-0.4, -0.2) is 39.1 Å². The topological polar surface area (TPSA) is 76.7 Å². The third-order valence-corrected chi connectivity index (χ3v) is 3.94. The average Bonchev–Trinajstić information content (AvgIpc) is 2.71. The van der Waals surface area contributed by atoms with Crippen LogP contribution in [-0.2, 0) is 4.79 Å². The quantitative estimate of drug-likeness (QED) is 0.540. The van der Waals surface area contributed by atoms with E-state index >= 15 is 0 Å². The monoisotopic (exact) mass is 386 g/mol. The van der Waals surface area contributed by atoms with Crippen molar-refractivity contribution >= 4 is 17.9 Å². The molecule has 0 atom stereocenters. The van der Waals surface area contributed by atoms with E-state index < -0.39 is 11.7 Å². The molecule has 2 rings (SSSR count). The molecule has 0 spiro atoms. The molecule has 0 aliphatic rings. The number of amides is 2. The van der Waals surface area contributed by atoms with Gasteiger partial charge in [0.25, 0.3) is 5.91 Å². The maximum atomic E-state index is 13.5. The molecule has 2 aromatic carbocycles. The molecular formula is C21H23FN2O4. The lowest BCUT2D eigenvalue weighted by atomic mass is 10.1. The van der Waals surface area contributed by atoms with E-state index in [1.54, 1.807) is 57.6 Å². The number of benzene rings is 2. The molecule has 0 fully saturated rings. The van der Waals surface area contributed by atoms with Crippen LogP contribution < -0.4 is 20.1 Å². The Labute approximate surface area is 163 Å². The van der Waals surface area contributed by atoms with Crippen molar-refractivity contribution in [3.63, 3.8) is 0 Å². The molecule has 0 aromatic heterocycles. The maximum Gasteiger partial charge on any atom is 0.251 e.